The molecule has 78 valence electrons. The fourth-order valence-electron chi connectivity index (χ4n) is 1.09. The second-order valence-corrected chi connectivity index (χ2v) is 4.15. The van der Waals surface area contributed by atoms with Gasteiger partial charge >= 0.3 is 0 Å². The van der Waals surface area contributed by atoms with Crippen molar-refractivity contribution in [3.05, 3.63) is 24.3 Å². The normalized spacial score (nSPS) is 13.7. The average Bonchev–Trinajstić information content (AvgIpc) is 2.02. The molecule has 0 amide bonds. The highest BCUT2D eigenvalue weighted by atomic mass is 16.3. The van der Waals surface area contributed by atoms with Crippen LogP contribution in [0.1, 0.15) is 20.8 Å². The number of benzene rings is 1. The number of anilines is 2. The average molecular weight is 194 g/mol. The lowest BCUT2D eigenvalue weighted by molar-refractivity contribution is 0.133. The Morgan fingerprint density at radius 1 is 1.43 bits per heavy atom. The zero-order valence-corrected chi connectivity index (χ0v) is 8.91. The van der Waals surface area contributed by atoms with E-state index in [1.165, 1.54) is 0 Å². The van der Waals surface area contributed by atoms with Gasteiger partial charge in [-0.25, -0.2) is 0 Å². The Kier molecular flexibility index (Phi) is 3.01. The maximum Gasteiger partial charge on any atom is 0.0736 e. The second-order valence-electron chi connectivity index (χ2n) is 4.15. The summed E-state index contributed by atoms with van der Waals surface area (Å²) >= 11 is 0. The molecule has 1 atom stereocenters. The number of aliphatic hydroxyl groups excluding tert-OH is 1. The van der Waals surface area contributed by atoms with E-state index >= 15 is 0 Å². The number of hydrogen-bond acceptors (Lipinski definition) is 3. The van der Waals surface area contributed by atoms with Crippen LogP contribution in [0, 0.1) is 0 Å². The van der Waals surface area contributed by atoms with Crippen molar-refractivity contribution in [1.82, 2.24) is 0 Å². The number of nitrogens with two attached hydrogens (primary N) is 1. The molecule has 4 N–H and O–H groups in total. The number of aliphatic hydroxyl groups is 1. The van der Waals surface area contributed by atoms with Crippen LogP contribution in [0.25, 0.3) is 0 Å². The SMILES string of the molecule is CC(O)C(C)(C)Nc1cccc(N)c1. The lowest BCUT2D eigenvalue weighted by Crippen LogP contribution is -2.41. The van der Waals surface area contributed by atoms with E-state index in [9.17, 15) is 5.11 Å². The Balaban J connectivity index is 2.78. The third-order valence-corrected chi connectivity index (χ3v) is 2.40. The van der Waals surface area contributed by atoms with Crippen LogP contribution in [0.3, 0.4) is 0 Å². The molecule has 0 saturated heterocycles. The van der Waals surface area contributed by atoms with E-state index in [4.69, 9.17) is 5.73 Å². The Morgan fingerprint density at radius 2 is 2.07 bits per heavy atom. The predicted octanol–water partition coefficient (Wildman–Crippen LogP) is 1.84. The zero-order chi connectivity index (χ0) is 10.8. The van der Waals surface area contributed by atoms with E-state index in [2.05, 4.69) is 5.32 Å². The number of nitrogens with one attached hydrogen (secondary N) is 1. The summed E-state index contributed by atoms with van der Waals surface area (Å²) in [4.78, 5) is 0. The molecule has 1 aromatic rings. The molecule has 0 bridgehead atoms. The van der Waals surface area contributed by atoms with Crippen LogP contribution in [-0.4, -0.2) is 16.7 Å². The van der Waals surface area contributed by atoms with Gasteiger partial charge in [-0.3, -0.25) is 0 Å². The molecule has 0 aliphatic rings. The molecule has 0 saturated carbocycles. The van der Waals surface area contributed by atoms with Crippen molar-refractivity contribution in [1.29, 1.82) is 0 Å². The van der Waals surface area contributed by atoms with Gasteiger partial charge < -0.3 is 16.2 Å². The summed E-state index contributed by atoms with van der Waals surface area (Å²) in [6.07, 6.45) is -0.427. The zero-order valence-electron chi connectivity index (χ0n) is 8.91. The molecule has 0 aromatic heterocycles. The highest BCUT2D eigenvalue weighted by Gasteiger charge is 2.23. The lowest BCUT2D eigenvalue weighted by atomic mass is 9.98. The smallest absolute Gasteiger partial charge is 0.0736 e. The van der Waals surface area contributed by atoms with Crippen LogP contribution in [0.15, 0.2) is 24.3 Å². The van der Waals surface area contributed by atoms with Gasteiger partial charge in [-0.05, 0) is 39.0 Å². The molecular weight excluding hydrogens is 176 g/mol. The highest BCUT2D eigenvalue weighted by molar-refractivity contribution is 5.55. The molecule has 0 spiro atoms. The minimum absolute atomic E-state index is 0.353. The maximum atomic E-state index is 9.52. The van der Waals surface area contributed by atoms with Crippen molar-refractivity contribution < 1.29 is 5.11 Å². The third kappa shape index (κ3) is 2.64. The van der Waals surface area contributed by atoms with Gasteiger partial charge in [-0.2, -0.15) is 0 Å². The summed E-state index contributed by atoms with van der Waals surface area (Å²) in [5.74, 6) is 0. The van der Waals surface area contributed by atoms with Gasteiger partial charge in [0.2, 0.25) is 0 Å². The summed E-state index contributed by atoms with van der Waals surface area (Å²) in [5, 5.41) is 12.7. The van der Waals surface area contributed by atoms with E-state index in [0.717, 1.165) is 11.4 Å². The largest absolute Gasteiger partial charge is 0.399 e. The Bertz CT molecular complexity index is 308. The highest BCUT2D eigenvalue weighted by Crippen LogP contribution is 2.19. The summed E-state index contributed by atoms with van der Waals surface area (Å²) < 4.78 is 0. The van der Waals surface area contributed by atoms with E-state index in [1.54, 1.807) is 6.92 Å². The monoisotopic (exact) mass is 194 g/mol. The fourth-order valence-corrected chi connectivity index (χ4v) is 1.09. The fraction of sp³-hybridized carbons (Fsp3) is 0.455. The minimum atomic E-state index is -0.427. The van der Waals surface area contributed by atoms with E-state index in [0.29, 0.717) is 0 Å². The van der Waals surface area contributed by atoms with Crippen LogP contribution in [0.4, 0.5) is 11.4 Å². The molecule has 0 fully saturated rings. The summed E-state index contributed by atoms with van der Waals surface area (Å²) in [5.41, 5.74) is 6.94. The summed E-state index contributed by atoms with van der Waals surface area (Å²) in [6.45, 7) is 5.65. The van der Waals surface area contributed by atoms with E-state index < -0.39 is 6.10 Å². The first-order valence-electron chi connectivity index (χ1n) is 4.73. The standard InChI is InChI=1S/C11H18N2O/c1-8(14)11(2,3)13-10-6-4-5-9(12)7-10/h4-8,13-14H,12H2,1-3H3. The van der Waals surface area contributed by atoms with Crippen LogP contribution in [-0.2, 0) is 0 Å². The van der Waals surface area contributed by atoms with Gasteiger partial charge in [-0.1, -0.05) is 6.07 Å². The molecule has 0 heterocycles. The number of nitrogen functional groups attached to an aromatic ring is 1. The van der Waals surface area contributed by atoms with Crippen molar-refractivity contribution in [3.63, 3.8) is 0 Å². The van der Waals surface area contributed by atoms with Crippen LogP contribution < -0.4 is 11.1 Å². The molecule has 0 aliphatic heterocycles. The van der Waals surface area contributed by atoms with Gasteiger partial charge in [0.25, 0.3) is 0 Å². The van der Waals surface area contributed by atoms with Gasteiger partial charge in [0.15, 0.2) is 0 Å². The molecular formula is C11H18N2O. The van der Waals surface area contributed by atoms with Crippen LogP contribution >= 0.6 is 0 Å². The van der Waals surface area contributed by atoms with Crippen molar-refractivity contribution in [2.24, 2.45) is 0 Å². The number of hydrogen-bond donors (Lipinski definition) is 3. The topological polar surface area (TPSA) is 58.3 Å². The van der Waals surface area contributed by atoms with Crippen LogP contribution in [0.5, 0.6) is 0 Å². The Hall–Kier alpha value is -1.22. The van der Waals surface area contributed by atoms with E-state index in [1.807, 2.05) is 38.1 Å². The van der Waals surface area contributed by atoms with Gasteiger partial charge in [0.05, 0.1) is 11.6 Å². The molecule has 3 nitrogen and oxygen atoms in total. The predicted molar refractivity (Wildman–Crippen MR) is 60.2 cm³/mol. The molecule has 1 aromatic carbocycles. The minimum Gasteiger partial charge on any atom is -0.399 e. The molecule has 0 radical (unpaired) electrons. The molecule has 3 heteroatoms. The van der Waals surface area contributed by atoms with Crippen molar-refractivity contribution in [2.45, 2.75) is 32.4 Å². The first-order valence-corrected chi connectivity index (χ1v) is 4.73. The molecule has 1 unspecified atom stereocenters. The van der Waals surface area contributed by atoms with Crippen LogP contribution in [0.2, 0.25) is 0 Å². The van der Waals surface area contributed by atoms with Crippen molar-refractivity contribution in [3.8, 4) is 0 Å². The van der Waals surface area contributed by atoms with Gasteiger partial charge in [0.1, 0.15) is 0 Å². The maximum absolute atomic E-state index is 9.52. The summed E-state index contributed by atoms with van der Waals surface area (Å²) in [7, 11) is 0. The molecule has 1 rings (SSSR count). The van der Waals surface area contributed by atoms with Crippen molar-refractivity contribution >= 4 is 11.4 Å². The summed E-state index contributed by atoms with van der Waals surface area (Å²) in [6, 6.07) is 7.50. The van der Waals surface area contributed by atoms with E-state index in [-0.39, 0.29) is 5.54 Å². The Labute approximate surface area is 84.9 Å². The lowest BCUT2D eigenvalue weighted by Gasteiger charge is -2.30. The first-order chi connectivity index (χ1) is 6.42. The van der Waals surface area contributed by atoms with Gasteiger partial charge in [-0.15, -0.1) is 0 Å². The molecule has 14 heavy (non-hydrogen) atoms. The number of rotatable bonds is 3. The first kappa shape index (κ1) is 10.9. The second kappa shape index (κ2) is 3.88. The quantitative estimate of drug-likeness (QED) is 0.643. The third-order valence-electron chi connectivity index (χ3n) is 2.40. The molecule has 0 aliphatic carbocycles. The van der Waals surface area contributed by atoms with Crippen molar-refractivity contribution in [2.75, 3.05) is 11.1 Å². The van der Waals surface area contributed by atoms with Gasteiger partial charge in [0, 0.05) is 11.4 Å². The Morgan fingerprint density at radius 3 is 2.57 bits per heavy atom.